The summed E-state index contributed by atoms with van der Waals surface area (Å²) in [6.45, 7) is 7.01. The Balaban J connectivity index is 1.92. The Labute approximate surface area is 161 Å². The van der Waals surface area contributed by atoms with Crippen LogP contribution in [0, 0.1) is 17.2 Å². The first-order valence-electron chi connectivity index (χ1n) is 8.97. The van der Waals surface area contributed by atoms with Gasteiger partial charge < -0.3 is 9.64 Å². The summed E-state index contributed by atoms with van der Waals surface area (Å²) >= 11 is 0. The molecule has 0 bridgehead atoms. The molecule has 1 aromatic rings. The summed E-state index contributed by atoms with van der Waals surface area (Å²) in [7, 11) is -2.04. The Kier molecular flexibility index (Phi) is 6.50. The summed E-state index contributed by atoms with van der Waals surface area (Å²) in [6.07, 6.45) is 1.14. The normalized spacial score (nSPS) is 16.2. The monoisotopic (exact) mass is 393 g/mol. The van der Waals surface area contributed by atoms with Crippen molar-refractivity contribution in [2.45, 2.75) is 44.1 Å². The summed E-state index contributed by atoms with van der Waals surface area (Å²) in [4.78, 5) is 14.0. The van der Waals surface area contributed by atoms with Crippen molar-refractivity contribution in [1.29, 1.82) is 5.26 Å². The molecule has 1 aromatic carbocycles. The van der Waals surface area contributed by atoms with Crippen molar-refractivity contribution in [3.8, 4) is 6.07 Å². The van der Waals surface area contributed by atoms with E-state index in [4.69, 9.17) is 10.00 Å². The molecule has 0 aliphatic carbocycles. The molecule has 0 spiro atoms. The van der Waals surface area contributed by atoms with Gasteiger partial charge in [-0.2, -0.15) is 5.26 Å². The van der Waals surface area contributed by atoms with Crippen LogP contribution in [-0.2, 0) is 14.8 Å². The molecule has 1 saturated heterocycles. The first kappa shape index (κ1) is 21.2. The summed E-state index contributed by atoms with van der Waals surface area (Å²) < 4.78 is 32.1. The van der Waals surface area contributed by atoms with E-state index in [1.165, 1.54) is 28.6 Å². The van der Waals surface area contributed by atoms with Crippen LogP contribution in [-0.4, -0.2) is 56.0 Å². The maximum atomic E-state index is 12.7. The highest BCUT2D eigenvalue weighted by Gasteiger charge is 2.29. The molecule has 148 valence electrons. The fraction of sp³-hybridized carbons (Fsp3) is 0.579. The van der Waals surface area contributed by atoms with Crippen molar-refractivity contribution < 1.29 is 17.9 Å². The summed E-state index contributed by atoms with van der Waals surface area (Å²) in [6, 6.07) is 7.88. The molecule has 1 fully saturated rings. The van der Waals surface area contributed by atoms with Crippen LogP contribution in [0.3, 0.4) is 0 Å². The van der Waals surface area contributed by atoms with Crippen molar-refractivity contribution in [2.75, 3.05) is 26.7 Å². The third-order valence-electron chi connectivity index (χ3n) is 4.47. The van der Waals surface area contributed by atoms with Gasteiger partial charge in [0.1, 0.15) is 5.60 Å². The van der Waals surface area contributed by atoms with Gasteiger partial charge in [-0.1, -0.05) is 0 Å². The molecule has 0 saturated carbocycles. The van der Waals surface area contributed by atoms with E-state index in [2.05, 4.69) is 0 Å². The van der Waals surface area contributed by atoms with Crippen molar-refractivity contribution in [1.82, 2.24) is 9.21 Å². The highest BCUT2D eigenvalue weighted by molar-refractivity contribution is 7.89. The van der Waals surface area contributed by atoms with Crippen LogP contribution in [0.25, 0.3) is 0 Å². The molecular formula is C19H27N3O4S. The lowest BCUT2D eigenvalue weighted by molar-refractivity contribution is 0.0179. The maximum absolute atomic E-state index is 12.7. The average molecular weight is 394 g/mol. The van der Waals surface area contributed by atoms with E-state index in [-0.39, 0.29) is 16.9 Å². The van der Waals surface area contributed by atoms with Crippen LogP contribution < -0.4 is 0 Å². The van der Waals surface area contributed by atoms with E-state index in [0.717, 1.165) is 12.8 Å². The molecule has 1 aliphatic rings. The van der Waals surface area contributed by atoms with E-state index < -0.39 is 15.6 Å². The smallest absolute Gasteiger partial charge is 0.410 e. The number of carbonyl (C=O) groups excluding carboxylic acids is 1. The van der Waals surface area contributed by atoms with Crippen molar-refractivity contribution >= 4 is 16.1 Å². The largest absolute Gasteiger partial charge is 0.444 e. The second-order valence-corrected chi connectivity index (χ2v) is 9.88. The highest BCUT2D eigenvalue weighted by Crippen LogP contribution is 2.23. The van der Waals surface area contributed by atoms with Crippen LogP contribution in [0.5, 0.6) is 0 Å². The third-order valence-corrected chi connectivity index (χ3v) is 6.31. The number of likely N-dealkylation sites (tertiary alicyclic amines) is 1. The minimum atomic E-state index is -3.60. The van der Waals surface area contributed by atoms with E-state index in [0.29, 0.717) is 25.2 Å². The van der Waals surface area contributed by atoms with Crippen molar-refractivity contribution in [3.63, 3.8) is 0 Å². The number of piperidine rings is 1. The Morgan fingerprint density at radius 3 is 2.30 bits per heavy atom. The molecule has 0 unspecified atom stereocenters. The van der Waals surface area contributed by atoms with Crippen molar-refractivity contribution in [3.05, 3.63) is 29.8 Å². The number of carbonyl (C=O) groups is 1. The lowest BCUT2D eigenvalue weighted by Crippen LogP contribution is -2.44. The minimum Gasteiger partial charge on any atom is -0.444 e. The summed E-state index contributed by atoms with van der Waals surface area (Å²) in [5.41, 5.74) is -0.102. The summed E-state index contributed by atoms with van der Waals surface area (Å²) in [5, 5.41) is 8.83. The quantitative estimate of drug-likeness (QED) is 0.784. The third kappa shape index (κ3) is 5.68. The fourth-order valence-corrected chi connectivity index (χ4v) is 4.21. The zero-order valence-corrected chi connectivity index (χ0v) is 17.1. The van der Waals surface area contributed by atoms with E-state index in [9.17, 15) is 13.2 Å². The zero-order valence-electron chi connectivity index (χ0n) is 16.3. The Bertz CT molecular complexity index is 799. The lowest BCUT2D eigenvalue weighted by Gasteiger charge is -2.34. The second-order valence-electron chi connectivity index (χ2n) is 7.83. The van der Waals surface area contributed by atoms with Crippen LogP contribution in [0.15, 0.2) is 29.2 Å². The number of nitriles is 1. The molecule has 0 radical (unpaired) electrons. The first-order chi connectivity index (χ1) is 12.5. The van der Waals surface area contributed by atoms with E-state index >= 15 is 0 Å². The molecule has 0 aromatic heterocycles. The maximum Gasteiger partial charge on any atom is 0.410 e. The molecule has 1 aliphatic heterocycles. The van der Waals surface area contributed by atoms with Gasteiger partial charge in [0.05, 0.1) is 16.5 Å². The van der Waals surface area contributed by atoms with Crippen LogP contribution >= 0.6 is 0 Å². The number of rotatable bonds is 4. The van der Waals surface area contributed by atoms with Crippen LogP contribution in [0.4, 0.5) is 4.79 Å². The Morgan fingerprint density at radius 2 is 1.81 bits per heavy atom. The molecule has 27 heavy (non-hydrogen) atoms. The number of ether oxygens (including phenoxy) is 1. The number of hydrogen-bond acceptors (Lipinski definition) is 5. The SMILES string of the molecule is CN(CC1CCN(C(=O)OC(C)(C)C)CC1)S(=O)(=O)c1ccc(C#N)cc1. The van der Waals surface area contributed by atoms with Gasteiger partial charge in [-0.05, 0) is 63.8 Å². The molecule has 2 rings (SSSR count). The highest BCUT2D eigenvalue weighted by atomic mass is 32.2. The number of benzene rings is 1. The number of amides is 1. The van der Waals surface area contributed by atoms with Crippen LogP contribution in [0.1, 0.15) is 39.2 Å². The van der Waals surface area contributed by atoms with Gasteiger partial charge >= 0.3 is 6.09 Å². The summed E-state index contributed by atoms with van der Waals surface area (Å²) in [5.74, 6) is 0.182. The molecule has 0 atom stereocenters. The minimum absolute atomic E-state index is 0.176. The first-order valence-corrected chi connectivity index (χ1v) is 10.4. The Hall–Kier alpha value is -2.11. The fourth-order valence-electron chi connectivity index (χ4n) is 2.97. The molecule has 7 nitrogen and oxygen atoms in total. The van der Waals surface area contributed by atoms with Gasteiger partial charge in [0, 0.05) is 26.7 Å². The number of sulfonamides is 1. The average Bonchev–Trinajstić information content (AvgIpc) is 2.60. The predicted molar refractivity (Wildman–Crippen MR) is 102 cm³/mol. The molecule has 0 N–H and O–H groups in total. The van der Waals surface area contributed by atoms with Crippen molar-refractivity contribution in [2.24, 2.45) is 5.92 Å². The van der Waals surface area contributed by atoms with Gasteiger partial charge in [-0.15, -0.1) is 0 Å². The van der Waals surface area contributed by atoms with E-state index in [1.807, 2.05) is 26.8 Å². The molecule has 1 amide bonds. The molecule has 1 heterocycles. The number of nitrogens with zero attached hydrogens (tertiary/aromatic N) is 3. The van der Waals surface area contributed by atoms with Gasteiger partial charge in [-0.25, -0.2) is 17.5 Å². The van der Waals surface area contributed by atoms with E-state index in [1.54, 1.807) is 11.9 Å². The van der Waals surface area contributed by atoms with Gasteiger partial charge in [0.2, 0.25) is 10.0 Å². The van der Waals surface area contributed by atoms with Crippen LogP contribution in [0.2, 0.25) is 0 Å². The standard InChI is InChI=1S/C19H27N3O4S/c1-19(2,3)26-18(23)22-11-9-16(10-12-22)14-21(4)27(24,25)17-7-5-15(13-20)6-8-17/h5-8,16H,9-12,14H2,1-4H3. The zero-order chi connectivity index (χ0) is 20.2. The predicted octanol–water partition coefficient (Wildman–Crippen LogP) is 2.83. The number of hydrogen-bond donors (Lipinski definition) is 0. The molecule has 8 heteroatoms. The topological polar surface area (TPSA) is 90.7 Å². The van der Waals surface area contributed by atoms with Gasteiger partial charge in [0.15, 0.2) is 0 Å². The Morgan fingerprint density at radius 1 is 1.26 bits per heavy atom. The second kappa shape index (κ2) is 8.28. The van der Waals surface area contributed by atoms with Gasteiger partial charge in [0.25, 0.3) is 0 Å². The lowest BCUT2D eigenvalue weighted by atomic mass is 9.97. The van der Waals surface area contributed by atoms with Gasteiger partial charge in [-0.3, -0.25) is 0 Å². The molecular weight excluding hydrogens is 366 g/mol.